The number of hydrogen-bond donors (Lipinski definition) is 3. The van der Waals surface area contributed by atoms with Gasteiger partial charge in [0, 0.05) is 29.7 Å². The molecule has 2 aromatic heterocycles. The van der Waals surface area contributed by atoms with E-state index in [1.165, 1.54) is 0 Å². The van der Waals surface area contributed by atoms with Gasteiger partial charge in [0.05, 0.1) is 32.0 Å². The van der Waals surface area contributed by atoms with E-state index in [2.05, 4.69) is 27.0 Å². The first-order valence-electron chi connectivity index (χ1n) is 9.83. The standard InChI is InChI=1S/C23H29N3O3/c1-17-8-9-18(2)26(17)23-11-10-20(12-25-23)22(28)13-24-21(14-27)16-29-15-19-6-4-3-5-7-19/h3-12,21-22,24,27-28H,13-16H2,1-2H3/t21-,22-/m1/s1. The molecule has 0 fully saturated rings. The summed E-state index contributed by atoms with van der Waals surface area (Å²) in [5, 5.41) is 23.2. The van der Waals surface area contributed by atoms with Crippen molar-refractivity contribution >= 4 is 0 Å². The van der Waals surface area contributed by atoms with Gasteiger partial charge in [-0.2, -0.15) is 0 Å². The van der Waals surface area contributed by atoms with Crippen molar-refractivity contribution < 1.29 is 14.9 Å². The lowest BCUT2D eigenvalue weighted by molar-refractivity contribution is 0.0711. The maximum absolute atomic E-state index is 10.5. The largest absolute Gasteiger partial charge is 0.395 e. The van der Waals surface area contributed by atoms with E-state index in [1.807, 2.05) is 56.3 Å². The fourth-order valence-corrected chi connectivity index (χ4v) is 3.22. The van der Waals surface area contributed by atoms with Crippen molar-refractivity contribution in [2.24, 2.45) is 0 Å². The highest BCUT2D eigenvalue weighted by molar-refractivity contribution is 5.33. The number of aliphatic hydroxyl groups is 2. The highest BCUT2D eigenvalue weighted by Gasteiger charge is 2.13. The second-order valence-corrected chi connectivity index (χ2v) is 7.21. The van der Waals surface area contributed by atoms with Crippen LogP contribution in [-0.2, 0) is 11.3 Å². The third-order valence-corrected chi connectivity index (χ3v) is 4.91. The lowest BCUT2D eigenvalue weighted by Crippen LogP contribution is -2.39. The summed E-state index contributed by atoms with van der Waals surface area (Å²) in [4.78, 5) is 4.50. The Morgan fingerprint density at radius 1 is 1.03 bits per heavy atom. The Kier molecular flexibility index (Phi) is 7.55. The minimum absolute atomic E-state index is 0.0646. The SMILES string of the molecule is Cc1ccc(C)n1-c1ccc([C@H](O)CN[C@H](CO)COCc2ccccc2)cn1. The van der Waals surface area contributed by atoms with E-state index < -0.39 is 6.10 Å². The van der Waals surface area contributed by atoms with Crippen LogP contribution in [0.4, 0.5) is 0 Å². The van der Waals surface area contributed by atoms with Gasteiger partial charge < -0.3 is 24.8 Å². The van der Waals surface area contributed by atoms with Gasteiger partial charge in [0.25, 0.3) is 0 Å². The fourth-order valence-electron chi connectivity index (χ4n) is 3.22. The van der Waals surface area contributed by atoms with Crippen LogP contribution in [0.3, 0.4) is 0 Å². The molecule has 6 nitrogen and oxygen atoms in total. The number of aromatic nitrogens is 2. The zero-order chi connectivity index (χ0) is 20.6. The molecule has 0 spiro atoms. The van der Waals surface area contributed by atoms with Crippen LogP contribution < -0.4 is 5.32 Å². The molecule has 0 unspecified atom stereocenters. The van der Waals surface area contributed by atoms with Gasteiger partial charge in [0.2, 0.25) is 0 Å². The Labute approximate surface area is 171 Å². The zero-order valence-electron chi connectivity index (χ0n) is 17.0. The second-order valence-electron chi connectivity index (χ2n) is 7.21. The summed E-state index contributed by atoms with van der Waals surface area (Å²) in [7, 11) is 0. The number of pyridine rings is 1. The van der Waals surface area contributed by atoms with Gasteiger partial charge in [-0.1, -0.05) is 36.4 Å². The molecule has 0 aliphatic rings. The van der Waals surface area contributed by atoms with Gasteiger partial charge in [-0.15, -0.1) is 0 Å². The molecule has 0 amide bonds. The number of nitrogens with zero attached hydrogens (tertiary/aromatic N) is 2. The lowest BCUT2D eigenvalue weighted by atomic mass is 10.1. The predicted octanol–water partition coefficient (Wildman–Crippen LogP) is 2.69. The number of ether oxygens (including phenoxy) is 1. The van der Waals surface area contributed by atoms with Crippen LogP contribution in [-0.4, -0.2) is 45.6 Å². The summed E-state index contributed by atoms with van der Waals surface area (Å²) in [5.41, 5.74) is 4.05. The smallest absolute Gasteiger partial charge is 0.136 e. The molecule has 6 heteroatoms. The Morgan fingerprint density at radius 2 is 1.76 bits per heavy atom. The molecule has 3 aromatic rings. The van der Waals surface area contributed by atoms with Crippen LogP contribution in [0.5, 0.6) is 0 Å². The minimum atomic E-state index is -0.716. The molecule has 2 atom stereocenters. The summed E-state index contributed by atoms with van der Waals surface area (Å²) in [6.07, 6.45) is 0.979. The van der Waals surface area contributed by atoms with Crippen molar-refractivity contribution in [2.75, 3.05) is 19.8 Å². The van der Waals surface area contributed by atoms with Crippen LogP contribution in [0, 0.1) is 13.8 Å². The molecule has 0 saturated heterocycles. The number of nitrogens with one attached hydrogen (secondary N) is 1. The third kappa shape index (κ3) is 5.74. The number of aliphatic hydroxyl groups excluding tert-OH is 2. The van der Waals surface area contributed by atoms with E-state index in [9.17, 15) is 10.2 Å². The average molecular weight is 396 g/mol. The summed E-state index contributed by atoms with van der Waals surface area (Å²) < 4.78 is 7.74. The van der Waals surface area contributed by atoms with Crippen LogP contribution in [0.25, 0.3) is 5.82 Å². The molecule has 0 aliphatic heterocycles. The van der Waals surface area contributed by atoms with Crippen molar-refractivity contribution in [3.05, 3.63) is 83.3 Å². The molecular weight excluding hydrogens is 366 g/mol. The van der Waals surface area contributed by atoms with Gasteiger partial charge in [-0.25, -0.2) is 4.98 Å². The normalized spacial score (nSPS) is 13.4. The Morgan fingerprint density at radius 3 is 2.38 bits per heavy atom. The summed E-state index contributed by atoms with van der Waals surface area (Å²) in [5.74, 6) is 0.830. The Bertz CT molecular complexity index is 859. The monoisotopic (exact) mass is 395 g/mol. The molecule has 154 valence electrons. The van der Waals surface area contributed by atoms with Crippen molar-refractivity contribution in [3.63, 3.8) is 0 Å². The molecule has 2 heterocycles. The molecular formula is C23H29N3O3. The molecule has 29 heavy (non-hydrogen) atoms. The topological polar surface area (TPSA) is 79.5 Å². The van der Waals surface area contributed by atoms with Crippen LogP contribution in [0.1, 0.15) is 28.6 Å². The number of rotatable bonds is 10. The van der Waals surface area contributed by atoms with Crippen molar-refractivity contribution in [1.29, 1.82) is 0 Å². The summed E-state index contributed by atoms with van der Waals surface area (Å²) >= 11 is 0. The molecule has 0 saturated carbocycles. The maximum atomic E-state index is 10.5. The zero-order valence-corrected chi connectivity index (χ0v) is 17.0. The quantitative estimate of drug-likeness (QED) is 0.492. The predicted molar refractivity (Wildman–Crippen MR) is 113 cm³/mol. The molecule has 0 radical (unpaired) electrons. The number of aryl methyl sites for hydroxylation is 2. The van der Waals surface area contributed by atoms with E-state index in [1.54, 1.807) is 6.20 Å². The number of hydrogen-bond acceptors (Lipinski definition) is 5. The molecule has 0 aliphatic carbocycles. The van der Waals surface area contributed by atoms with Crippen LogP contribution in [0.2, 0.25) is 0 Å². The van der Waals surface area contributed by atoms with E-state index in [0.29, 0.717) is 19.8 Å². The van der Waals surface area contributed by atoms with Gasteiger partial charge in [-0.3, -0.25) is 0 Å². The fraction of sp³-hybridized carbons (Fsp3) is 0.348. The van der Waals surface area contributed by atoms with Crippen LogP contribution >= 0.6 is 0 Å². The number of benzene rings is 1. The van der Waals surface area contributed by atoms with Crippen molar-refractivity contribution in [3.8, 4) is 5.82 Å². The highest BCUT2D eigenvalue weighted by Crippen LogP contribution is 2.17. The van der Waals surface area contributed by atoms with Gasteiger partial charge in [0.1, 0.15) is 5.82 Å². The van der Waals surface area contributed by atoms with Gasteiger partial charge in [0.15, 0.2) is 0 Å². The first-order valence-corrected chi connectivity index (χ1v) is 9.83. The van der Waals surface area contributed by atoms with E-state index in [0.717, 1.165) is 28.3 Å². The molecule has 3 N–H and O–H groups in total. The first kappa shape index (κ1) is 21.2. The molecule has 0 bridgehead atoms. The Hall–Kier alpha value is -2.51. The van der Waals surface area contributed by atoms with E-state index in [4.69, 9.17) is 4.74 Å². The van der Waals surface area contributed by atoms with Crippen molar-refractivity contribution in [1.82, 2.24) is 14.9 Å². The third-order valence-electron chi connectivity index (χ3n) is 4.91. The van der Waals surface area contributed by atoms with Crippen LogP contribution in [0.15, 0.2) is 60.8 Å². The minimum Gasteiger partial charge on any atom is -0.395 e. The van der Waals surface area contributed by atoms with E-state index in [-0.39, 0.29) is 12.6 Å². The van der Waals surface area contributed by atoms with Crippen molar-refractivity contribution in [2.45, 2.75) is 32.6 Å². The molecule has 1 aromatic carbocycles. The van der Waals surface area contributed by atoms with Gasteiger partial charge >= 0.3 is 0 Å². The summed E-state index contributed by atoms with van der Waals surface area (Å²) in [6, 6.07) is 17.5. The second kappa shape index (κ2) is 10.3. The first-order chi connectivity index (χ1) is 14.1. The lowest BCUT2D eigenvalue weighted by Gasteiger charge is -2.19. The van der Waals surface area contributed by atoms with E-state index >= 15 is 0 Å². The molecule has 3 rings (SSSR count). The maximum Gasteiger partial charge on any atom is 0.136 e. The Balaban J connectivity index is 1.49. The highest BCUT2D eigenvalue weighted by atomic mass is 16.5. The summed E-state index contributed by atoms with van der Waals surface area (Å²) in [6.45, 7) is 5.17. The average Bonchev–Trinajstić information content (AvgIpc) is 3.09. The van der Waals surface area contributed by atoms with Gasteiger partial charge in [-0.05, 0) is 37.6 Å².